The normalized spacial score (nSPS) is 19.2. The van der Waals surface area contributed by atoms with Crippen molar-refractivity contribution in [2.24, 2.45) is 5.41 Å². The minimum atomic E-state index is -1.08. The van der Waals surface area contributed by atoms with E-state index in [1.165, 1.54) is 12.6 Å². The van der Waals surface area contributed by atoms with E-state index < -0.39 is 24.5 Å². The molecular formula is C32H41NO6. The molecule has 0 aliphatic heterocycles. The molecule has 3 aromatic rings. The van der Waals surface area contributed by atoms with Crippen LogP contribution in [0.5, 0.6) is 5.75 Å². The Morgan fingerprint density at radius 2 is 1.77 bits per heavy atom. The van der Waals surface area contributed by atoms with Crippen molar-refractivity contribution in [1.29, 1.82) is 0 Å². The smallest absolute Gasteiger partial charge is 0.323 e. The van der Waals surface area contributed by atoms with E-state index >= 15 is 0 Å². The summed E-state index contributed by atoms with van der Waals surface area (Å²) in [7, 11) is 1.44. The summed E-state index contributed by atoms with van der Waals surface area (Å²) in [6.07, 6.45) is 3.91. The highest BCUT2D eigenvalue weighted by Crippen LogP contribution is 2.42. The van der Waals surface area contributed by atoms with Crippen LogP contribution in [-0.4, -0.2) is 52.8 Å². The number of fused-ring (bicyclic) bond motifs is 1. The van der Waals surface area contributed by atoms with Crippen LogP contribution >= 0.6 is 0 Å². The summed E-state index contributed by atoms with van der Waals surface area (Å²) in [5, 5.41) is 20.7. The van der Waals surface area contributed by atoms with E-state index in [0.29, 0.717) is 5.58 Å². The number of hydrogen-bond acceptors (Lipinski definition) is 5. The fraction of sp³-hybridized carbons (Fsp3) is 0.500. The molecule has 39 heavy (non-hydrogen) atoms. The molecule has 2 N–H and O–H groups in total. The maximum absolute atomic E-state index is 12.7. The van der Waals surface area contributed by atoms with Gasteiger partial charge in [0, 0.05) is 17.8 Å². The van der Waals surface area contributed by atoms with Gasteiger partial charge in [-0.2, -0.15) is 0 Å². The molecule has 0 spiro atoms. The Morgan fingerprint density at radius 3 is 2.41 bits per heavy atom. The van der Waals surface area contributed by atoms with Crippen LogP contribution in [0.25, 0.3) is 11.0 Å². The lowest BCUT2D eigenvalue weighted by molar-refractivity contribution is -0.137. The van der Waals surface area contributed by atoms with Crippen LogP contribution in [0.2, 0.25) is 0 Å². The number of aliphatic carboxylic acids is 1. The van der Waals surface area contributed by atoms with E-state index in [4.69, 9.17) is 14.3 Å². The number of benzene rings is 2. The number of aliphatic hydroxyl groups is 1. The molecule has 2 atom stereocenters. The average molecular weight is 536 g/mol. The maximum Gasteiger partial charge on any atom is 0.323 e. The van der Waals surface area contributed by atoms with Crippen molar-refractivity contribution in [1.82, 2.24) is 4.90 Å². The molecule has 1 aromatic heterocycles. The van der Waals surface area contributed by atoms with E-state index in [0.717, 1.165) is 59.3 Å². The van der Waals surface area contributed by atoms with Gasteiger partial charge in [-0.05, 0) is 85.4 Å². The highest BCUT2D eigenvalue weighted by Gasteiger charge is 2.39. The second-order valence-electron chi connectivity index (χ2n) is 11.7. The SMILES string of the molecule is CCC(CC)(c1ccc(OC2CCCC(C)(C)C2O)c(C)c1)c1ccc2oc(C(=O)N(C)CC(=O)O)cc2c1. The molecule has 0 radical (unpaired) electrons. The van der Waals surface area contributed by atoms with Gasteiger partial charge in [0.25, 0.3) is 5.91 Å². The standard InChI is InChI=1S/C32H41NO6/c1-7-32(8-2,22-11-13-24(20(3)16-22)38-26-10-9-15-31(4,5)29(26)36)23-12-14-25-21(17-23)18-27(39-25)30(37)33(6)19-28(34)35/h11-14,16-18,26,29,36H,7-10,15,19H2,1-6H3,(H,34,35). The van der Waals surface area contributed by atoms with E-state index in [1.807, 2.05) is 18.2 Å². The largest absolute Gasteiger partial charge is 0.487 e. The van der Waals surface area contributed by atoms with Gasteiger partial charge in [0.05, 0.1) is 6.10 Å². The van der Waals surface area contributed by atoms with Crippen LogP contribution in [0.3, 0.4) is 0 Å². The quantitative estimate of drug-likeness (QED) is 0.332. The number of rotatable bonds is 9. The van der Waals surface area contributed by atoms with Crippen LogP contribution < -0.4 is 4.74 Å². The number of carbonyl (C=O) groups is 2. The van der Waals surface area contributed by atoms with Gasteiger partial charge < -0.3 is 24.3 Å². The second-order valence-corrected chi connectivity index (χ2v) is 11.7. The number of furan rings is 1. The van der Waals surface area contributed by atoms with E-state index in [-0.39, 0.29) is 22.7 Å². The lowest BCUT2D eigenvalue weighted by atomic mass is 9.70. The van der Waals surface area contributed by atoms with Crippen LogP contribution in [0, 0.1) is 12.3 Å². The number of aliphatic hydroxyl groups excluding tert-OH is 1. The molecule has 2 aromatic carbocycles. The number of likely N-dealkylation sites (N-methyl/N-ethyl adjacent to an activating group) is 1. The molecular weight excluding hydrogens is 494 g/mol. The van der Waals surface area contributed by atoms with E-state index in [1.54, 1.807) is 6.07 Å². The molecule has 1 fully saturated rings. The van der Waals surface area contributed by atoms with Crippen molar-refractivity contribution >= 4 is 22.8 Å². The van der Waals surface area contributed by atoms with Crippen molar-refractivity contribution in [2.45, 2.75) is 84.3 Å². The fourth-order valence-corrected chi connectivity index (χ4v) is 6.08. The molecule has 2 unspecified atom stereocenters. The number of ether oxygens (including phenoxy) is 1. The predicted molar refractivity (Wildman–Crippen MR) is 151 cm³/mol. The molecule has 4 rings (SSSR count). The Kier molecular flexibility index (Phi) is 8.12. The molecule has 1 saturated carbocycles. The number of nitrogens with zero attached hydrogens (tertiary/aromatic N) is 1. The third-order valence-electron chi connectivity index (χ3n) is 8.67. The minimum absolute atomic E-state index is 0.120. The zero-order valence-corrected chi connectivity index (χ0v) is 23.9. The van der Waals surface area contributed by atoms with Gasteiger partial charge in [-0.15, -0.1) is 0 Å². The summed E-state index contributed by atoms with van der Waals surface area (Å²) in [4.78, 5) is 24.8. The number of carbonyl (C=O) groups excluding carboxylic acids is 1. The first-order valence-corrected chi connectivity index (χ1v) is 13.9. The molecule has 1 heterocycles. The Hall–Kier alpha value is -3.32. The third-order valence-corrected chi connectivity index (χ3v) is 8.67. The van der Waals surface area contributed by atoms with Crippen molar-refractivity contribution in [3.63, 3.8) is 0 Å². The van der Waals surface area contributed by atoms with Gasteiger partial charge in [0.2, 0.25) is 0 Å². The Labute approximate surface area is 230 Å². The number of carboxylic acid groups (broad SMARTS) is 1. The number of carboxylic acids is 1. The van der Waals surface area contributed by atoms with Crippen molar-refractivity contribution in [3.8, 4) is 5.75 Å². The lowest BCUT2D eigenvalue weighted by Crippen LogP contribution is -2.46. The molecule has 210 valence electrons. The molecule has 7 heteroatoms. The zero-order valence-electron chi connectivity index (χ0n) is 23.9. The fourth-order valence-electron chi connectivity index (χ4n) is 6.08. The first-order valence-electron chi connectivity index (χ1n) is 13.9. The summed E-state index contributed by atoms with van der Waals surface area (Å²) in [5.41, 5.74) is 3.51. The number of amides is 1. The molecule has 1 aliphatic carbocycles. The highest BCUT2D eigenvalue weighted by molar-refractivity contribution is 5.97. The van der Waals surface area contributed by atoms with Gasteiger partial charge in [-0.3, -0.25) is 9.59 Å². The van der Waals surface area contributed by atoms with Crippen LogP contribution in [0.4, 0.5) is 0 Å². The highest BCUT2D eigenvalue weighted by atomic mass is 16.5. The Bertz CT molecular complexity index is 1350. The van der Waals surface area contributed by atoms with Crippen LogP contribution in [-0.2, 0) is 10.2 Å². The summed E-state index contributed by atoms with van der Waals surface area (Å²) in [5.74, 6) is -0.620. The van der Waals surface area contributed by atoms with Gasteiger partial charge in [0.15, 0.2) is 5.76 Å². The lowest BCUT2D eigenvalue weighted by Gasteiger charge is -2.40. The minimum Gasteiger partial charge on any atom is -0.487 e. The van der Waals surface area contributed by atoms with Crippen molar-refractivity contribution in [3.05, 3.63) is 64.9 Å². The van der Waals surface area contributed by atoms with Gasteiger partial charge in [-0.1, -0.05) is 45.9 Å². The first-order chi connectivity index (χ1) is 18.4. The van der Waals surface area contributed by atoms with Crippen molar-refractivity contribution in [2.75, 3.05) is 13.6 Å². The zero-order chi connectivity index (χ0) is 28.5. The summed E-state index contributed by atoms with van der Waals surface area (Å²) >= 11 is 0. The monoisotopic (exact) mass is 535 g/mol. The topological polar surface area (TPSA) is 100 Å². The van der Waals surface area contributed by atoms with Crippen LogP contribution in [0.1, 0.15) is 87.0 Å². The Balaban J connectivity index is 1.64. The van der Waals surface area contributed by atoms with Gasteiger partial charge in [0.1, 0.15) is 24.0 Å². The predicted octanol–water partition coefficient (Wildman–Crippen LogP) is 6.32. The molecule has 0 bridgehead atoms. The molecule has 1 amide bonds. The van der Waals surface area contributed by atoms with Gasteiger partial charge >= 0.3 is 5.97 Å². The van der Waals surface area contributed by atoms with Crippen molar-refractivity contribution < 1.29 is 29.0 Å². The van der Waals surface area contributed by atoms with E-state index in [9.17, 15) is 14.7 Å². The Morgan fingerprint density at radius 1 is 1.10 bits per heavy atom. The molecule has 1 aliphatic rings. The maximum atomic E-state index is 12.7. The first kappa shape index (κ1) is 28.7. The number of hydrogen-bond donors (Lipinski definition) is 2. The van der Waals surface area contributed by atoms with Gasteiger partial charge in [-0.25, -0.2) is 0 Å². The molecule has 7 nitrogen and oxygen atoms in total. The number of aryl methyl sites for hydroxylation is 1. The average Bonchev–Trinajstić information content (AvgIpc) is 3.32. The summed E-state index contributed by atoms with van der Waals surface area (Å²) in [6.45, 7) is 10.2. The summed E-state index contributed by atoms with van der Waals surface area (Å²) in [6, 6.07) is 14.0. The van der Waals surface area contributed by atoms with E-state index in [2.05, 4.69) is 52.8 Å². The van der Waals surface area contributed by atoms with Crippen LogP contribution in [0.15, 0.2) is 46.9 Å². The third kappa shape index (κ3) is 5.55. The second kappa shape index (κ2) is 11.0. The molecule has 0 saturated heterocycles. The summed E-state index contributed by atoms with van der Waals surface area (Å²) < 4.78 is 12.1.